The number of nitrogens with one attached hydrogen (secondary N) is 1. The zero-order valence-electron chi connectivity index (χ0n) is 14.4. The molecule has 1 aromatic heterocycles. The standard InChI is InChI=1S/C19H25N3O2/c1-22-9-8-20-19(22)18-17(7-10-24-18)21-15-5-3-13-4-6-16(23-2)12-14(13)11-15/h4,6,8-9,12,15,17-18,21H,3,5,7,10-11H2,1-2H3/t15-,17+,18+/m1/s1. The van der Waals surface area contributed by atoms with Crippen LogP contribution in [0, 0.1) is 0 Å². The van der Waals surface area contributed by atoms with E-state index in [2.05, 4.69) is 33.1 Å². The van der Waals surface area contributed by atoms with Crippen molar-refractivity contribution in [2.45, 2.75) is 43.9 Å². The molecule has 0 saturated carbocycles. The van der Waals surface area contributed by atoms with Gasteiger partial charge in [-0.05, 0) is 48.9 Å². The van der Waals surface area contributed by atoms with E-state index >= 15 is 0 Å². The van der Waals surface area contributed by atoms with E-state index in [4.69, 9.17) is 9.47 Å². The number of aryl methyl sites for hydroxylation is 2. The number of hydrogen-bond acceptors (Lipinski definition) is 4. The highest BCUT2D eigenvalue weighted by molar-refractivity contribution is 5.38. The molecule has 0 amide bonds. The fourth-order valence-corrected chi connectivity index (χ4v) is 3.97. The van der Waals surface area contributed by atoms with Crippen molar-refractivity contribution in [2.75, 3.05) is 13.7 Å². The molecule has 1 aromatic carbocycles. The van der Waals surface area contributed by atoms with Crippen molar-refractivity contribution in [1.29, 1.82) is 0 Å². The Hall–Kier alpha value is -1.85. The third kappa shape index (κ3) is 2.94. The molecule has 4 rings (SSSR count). The van der Waals surface area contributed by atoms with Gasteiger partial charge in [-0.1, -0.05) is 6.07 Å². The first-order valence-corrected chi connectivity index (χ1v) is 8.75. The molecule has 2 aromatic rings. The number of aromatic nitrogens is 2. The summed E-state index contributed by atoms with van der Waals surface area (Å²) >= 11 is 0. The molecule has 5 heteroatoms. The lowest BCUT2D eigenvalue weighted by Gasteiger charge is -2.30. The SMILES string of the molecule is COc1ccc2c(c1)C[C@H](N[C@H]1CCO[C@@H]1c1nccn1C)CC2. The lowest BCUT2D eigenvalue weighted by molar-refractivity contribution is 0.0867. The summed E-state index contributed by atoms with van der Waals surface area (Å²) in [5, 5.41) is 3.84. The average Bonchev–Trinajstić information content (AvgIpc) is 3.22. The monoisotopic (exact) mass is 327 g/mol. The maximum atomic E-state index is 5.97. The van der Waals surface area contributed by atoms with Crippen LogP contribution in [0.1, 0.15) is 35.9 Å². The third-order valence-corrected chi connectivity index (χ3v) is 5.30. The van der Waals surface area contributed by atoms with Crippen molar-refractivity contribution >= 4 is 0 Å². The van der Waals surface area contributed by atoms with Gasteiger partial charge in [0.25, 0.3) is 0 Å². The minimum Gasteiger partial charge on any atom is -0.497 e. The van der Waals surface area contributed by atoms with Crippen LogP contribution in [0.2, 0.25) is 0 Å². The van der Waals surface area contributed by atoms with E-state index in [1.54, 1.807) is 7.11 Å². The molecule has 0 bridgehead atoms. The Kier molecular flexibility index (Phi) is 4.29. The van der Waals surface area contributed by atoms with Crippen LogP contribution < -0.4 is 10.1 Å². The van der Waals surface area contributed by atoms with Gasteiger partial charge in [0.05, 0.1) is 7.11 Å². The molecule has 3 atom stereocenters. The maximum absolute atomic E-state index is 5.97. The van der Waals surface area contributed by atoms with Crippen LogP contribution in [-0.4, -0.2) is 35.4 Å². The number of imidazole rings is 1. The van der Waals surface area contributed by atoms with Crippen molar-refractivity contribution in [3.8, 4) is 5.75 Å². The van der Waals surface area contributed by atoms with Gasteiger partial charge < -0.3 is 19.4 Å². The van der Waals surface area contributed by atoms with Crippen molar-refractivity contribution in [3.05, 3.63) is 47.5 Å². The molecule has 2 aliphatic rings. The van der Waals surface area contributed by atoms with Crippen molar-refractivity contribution in [3.63, 3.8) is 0 Å². The van der Waals surface area contributed by atoms with Gasteiger partial charge in [-0.25, -0.2) is 4.98 Å². The number of methoxy groups -OCH3 is 1. The Labute approximate surface area is 143 Å². The van der Waals surface area contributed by atoms with E-state index in [-0.39, 0.29) is 6.10 Å². The summed E-state index contributed by atoms with van der Waals surface area (Å²) in [6.45, 7) is 0.798. The molecule has 2 heterocycles. The fourth-order valence-electron chi connectivity index (χ4n) is 3.97. The number of rotatable bonds is 4. The Balaban J connectivity index is 1.46. The third-order valence-electron chi connectivity index (χ3n) is 5.30. The number of benzene rings is 1. The molecular formula is C19H25N3O2. The van der Waals surface area contributed by atoms with Crippen molar-refractivity contribution in [1.82, 2.24) is 14.9 Å². The molecule has 5 nitrogen and oxygen atoms in total. The summed E-state index contributed by atoms with van der Waals surface area (Å²) in [4.78, 5) is 4.48. The lowest BCUT2D eigenvalue weighted by atomic mass is 9.87. The average molecular weight is 327 g/mol. The summed E-state index contributed by atoms with van der Waals surface area (Å²) in [6, 6.07) is 7.28. The first kappa shape index (κ1) is 15.7. The fraction of sp³-hybridized carbons (Fsp3) is 0.526. The number of nitrogens with zero attached hydrogens (tertiary/aromatic N) is 2. The Morgan fingerprint density at radius 2 is 2.21 bits per heavy atom. The second-order valence-corrected chi connectivity index (χ2v) is 6.82. The summed E-state index contributed by atoms with van der Waals surface area (Å²) < 4.78 is 13.4. The second-order valence-electron chi connectivity index (χ2n) is 6.82. The van der Waals surface area contributed by atoms with E-state index in [1.807, 2.05) is 19.4 Å². The van der Waals surface area contributed by atoms with E-state index in [1.165, 1.54) is 17.5 Å². The number of hydrogen-bond donors (Lipinski definition) is 1. The second kappa shape index (κ2) is 6.57. The number of fused-ring (bicyclic) bond motifs is 1. The Bertz CT molecular complexity index is 712. The zero-order valence-corrected chi connectivity index (χ0v) is 14.4. The molecule has 1 N–H and O–H groups in total. The van der Waals surface area contributed by atoms with Gasteiger partial charge in [-0.15, -0.1) is 0 Å². The summed E-state index contributed by atoms with van der Waals surface area (Å²) in [7, 11) is 3.76. The molecule has 0 radical (unpaired) electrons. The zero-order chi connectivity index (χ0) is 16.5. The molecule has 0 spiro atoms. The molecular weight excluding hydrogens is 302 g/mol. The van der Waals surface area contributed by atoms with Crippen molar-refractivity contribution < 1.29 is 9.47 Å². The maximum Gasteiger partial charge on any atom is 0.139 e. The van der Waals surface area contributed by atoms with E-state index in [0.29, 0.717) is 12.1 Å². The highest BCUT2D eigenvalue weighted by atomic mass is 16.5. The minimum atomic E-state index is 0.0525. The first-order chi connectivity index (χ1) is 11.7. The van der Waals surface area contributed by atoms with E-state index < -0.39 is 0 Å². The van der Waals surface area contributed by atoms with Gasteiger partial charge in [0, 0.05) is 38.1 Å². The molecule has 128 valence electrons. The van der Waals surface area contributed by atoms with E-state index in [0.717, 1.165) is 37.4 Å². The predicted octanol–water partition coefficient (Wildman–Crippen LogP) is 2.41. The number of ether oxygens (including phenoxy) is 2. The summed E-state index contributed by atoms with van der Waals surface area (Å²) in [5.74, 6) is 1.97. The Morgan fingerprint density at radius 1 is 1.29 bits per heavy atom. The quantitative estimate of drug-likeness (QED) is 0.937. The minimum absolute atomic E-state index is 0.0525. The lowest BCUT2D eigenvalue weighted by Crippen LogP contribution is -2.43. The van der Waals surface area contributed by atoms with Crippen LogP contribution in [-0.2, 0) is 24.6 Å². The first-order valence-electron chi connectivity index (χ1n) is 8.75. The van der Waals surface area contributed by atoms with Gasteiger partial charge in [0.2, 0.25) is 0 Å². The topological polar surface area (TPSA) is 48.3 Å². The van der Waals surface area contributed by atoms with Crippen LogP contribution in [0.15, 0.2) is 30.6 Å². The summed E-state index contributed by atoms with van der Waals surface area (Å²) in [5.41, 5.74) is 2.86. The van der Waals surface area contributed by atoms with E-state index in [9.17, 15) is 0 Å². The van der Waals surface area contributed by atoms with Gasteiger partial charge in [-0.2, -0.15) is 0 Å². The van der Waals surface area contributed by atoms with Gasteiger partial charge in [-0.3, -0.25) is 0 Å². The molecule has 24 heavy (non-hydrogen) atoms. The van der Waals surface area contributed by atoms with Gasteiger partial charge in [0.1, 0.15) is 17.7 Å². The molecule has 0 unspecified atom stereocenters. The highest BCUT2D eigenvalue weighted by Crippen LogP contribution is 2.31. The van der Waals surface area contributed by atoms with Gasteiger partial charge >= 0.3 is 0 Å². The molecule has 1 aliphatic heterocycles. The largest absolute Gasteiger partial charge is 0.497 e. The highest BCUT2D eigenvalue weighted by Gasteiger charge is 2.34. The smallest absolute Gasteiger partial charge is 0.139 e. The normalized spacial score (nSPS) is 26.3. The van der Waals surface area contributed by atoms with Crippen LogP contribution in [0.25, 0.3) is 0 Å². The van der Waals surface area contributed by atoms with Gasteiger partial charge in [0.15, 0.2) is 0 Å². The molecule has 1 saturated heterocycles. The summed E-state index contributed by atoms with van der Waals surface area (Å²) in [6.07, 6.45) is 8.27. The van der Waals surface area contributed by atoms with Crippen LogP contribution in [0.4, 0.5) is 0 Å². The van der Waals surface area contributed by atoms with Crippen LogP contribution in [0.3, 0.4) is 0 Å². The predicted molar refractivity (Wildman–Crippen MR) is 92.2 cm³/mol. The van der Waals surface area contributed by atoms with Crippen LogP contribution >= 0.6 is 0 Å². The van der Waals surface area contributed by atoms with Crippen molar-refractivity contribution in [2.24, 2.45) is 7.05 Å². The Morgan fingerprint density at radius 3 is 3.00 bits per heavy atom. The van der Waals surface area contributed by atoms with Crippen LogP contribution in [0.5, 0.6) is 5.75 Å². The molecule has 1 fully saturated rings. The molecule has 1 aliphatic carbocycles.